The molecular weight excluding hydrogens is 604 g/mol. The van der Waals surface area contributed by atoms with Crippen LogP contribution in [0.1, 0.15) is 15.9 Å². The van der Waals surface area contributed by atoms with E-state index in [0.717, 1.165) is 0 Å². The number of carbonyl (C=O) groups excluding carboxylic acids is 3. The van der Waals surface area contributed by atoms with Crippen molar-refractivity contribution in [2.45, 2.75) is 9.79 Å². The molecule has 13 heteroatoms. The first-order valence-electron chi connectivity index (χ1n) is 12.9. The number of anilines is 2. The third kappa shape index (κ3) is 8.94. The summed E-state index contributed by atoms with van der Waals surface area (Å²) in [7, 11) is -2.42. The largest absolute Gasteiger partial charge is 0.508 e. The van der Waals surface area contributed by atoms with Crippen LogP contribution in [0.2, 0.25) is 0 Å². The Labute approximate surface area is 258 Å². The molecule has 0 spiro atoms. The van der Waals surface area contributed by atoms with Crippen molar-refractivity contribution >= 4 is 57.0 Å². The highest BCUT2D eigenvalue weighted by molar-refractivity contribution is 8.00. The fraction of sp³-hybridized carbons (Fsp3) is 0.0645. The van der Waals surface area contributed by atoms with Crippen LogP contribution in [0.25, 0.3) is 6.08 Å². The molecule has 44 heavy (non-hydrogen) atoms. The van der Waals surface area contributed by atoms with Gasteiger partial charge in [-0.05, 0) is 72.8 Å². The fourth-order valence-electron chi connectivity index (χ4n) is 3.85. The van der Waals surface area contributed by atoms with Gasteiger partial charge in [-0.2, -0.15) is 0 Å². The minimum absolute atomic E-state index is 0.0266. The van der Waals surface area contributed by atoms with Gasteiger partial charge in [0.05, 0.1) is 17.8 Å². The summed E-state index contributed by atoms with van der Waals surface area (Å²) >= 11 is 1.22. The Kier molecular flexibility index (Phi) is 10.4. The van der Waals surface area contributed by atoms with E-state index in [1.807, 2.05) is 0 Å². The van der Waals surface area contributed by atoms with Crippen molar-refractivity contribution in [1.29, 1.82) is 0 Å². The Morgan fingerprint density at radius 3 is 2.30 bits per heavy atom. The highest BCUT2D eigenvalue weighted by Gasteiger charge is 2.17. The molecule has 3 amide bonds. The number of hydrogen-bond acceptors (Lipinski definition) is 8. The van der Waals surface area contributed by atoms with E-state index in [9.17, 15) is 27.9 Å². The molecule has 0 aromatic heterocycles. The highest BCUT2D eigenvalue weighted by Crippen LogP contribution is 2.27. The number of rotatable bonds is 11. The second-order valence-electron chi connectivity index (χ2n) is 9.19. The number of amides is 3. The first kappa shape index (κ1) is 31.8. The van der Waals surface area contributed by atoms with Gasteiger partial charge in [0.15, 0.2) is 0 Å². The molecule has 226 valence electrons. The maximum Gasteiger partial charge on any atom is 0.272 e. The summed E-state index contributed by atoms with van der Waals surface area (Å²) < 4.78 is 28.1. The number of carbonyl (C=O) groups is 3. The van der Waals surface area contributed by atoms with Crippen molar-refractivity contribution < 1.29 is 32.6 Å². The highest BCUT2D eigenvalue weighted by atomic mass is 32.2. The lowest BCUT2D eigenvalue weighted by Crippen LogP contribution is -2.30. The van der Waals surface area contributed by atoms with Gasteiger partial charge in [0.25, 0.3) is 11.8 Å². The van der Waals surface area contributed by atoms with Crippen molar-refractivity contribution in [2.24, 2.45) is 5.14 Å². The average Bonchev–Trinajstić information content (AvgIpc) is 3.00. The molecule has 4 aromatic rings. The minimum atomic E-state index is -3.84. The number of methoxy groups -OCH3 is 1. The second-order valence-corrected chi connectivity index (χ2v) is 11.8. The molecule has 0 bridgehead atoms. The van der Waals surface area contributed by atoms with Crippen LogP contribution in [0.3, 0.4) is 0 Å². The number of benzene rings is 4. The summed E-state index contributed by atoms with van der Waals surface area (Å²) in [5.41, 5.74) is 1.54. The number of nitrogens with one attached hydrogen (secondary N) is 3. The van der Waals surface area contributed by atoms with Gasteiger partial charge < -0.3 is 25.8 Å². The molecule has 0 heterocycles. The number of primary sulfonamides is 1. The fourth-order valence-corrected chi connectivity index (χ4v) is 5.12. The summed E-state index contributed by atoms with van der Waals surface area (Å²) in [6, 6.07) is 25.0. The SMILES string of the molecule is COc1cc(O)ccc1/C=C(/NC(=O)c1ccccc1)C(=O)Nc1cccc(SCC(=O)Nc2ccc(S(N)(=O)=O)cc2)c1. The number of hydrogen-bond donors (Lipinski definition) is 5. The standard InChI is InChI=1S/C31H28N4O7S2/c1-42-28-18-24(36)13-10-21(28)16-27(35-30(38)20-6-3-2-4-7-20)31(39)34-23-8-5-9-25(17-23)43-19-29(37)33-22-11-14-26(15-12-22)44(32,40)41/h2-18,36H,19H2,1H3,(H,33,37)(H,34,39)(H,35,38)(H2,32,40,41)/b27-16+. The zero-order chi connectivity index (χ0) is 31.7. The lowest BCUT2D eigenvalue weighted by molar-refractivity contribution is -0.114. The zero-order valence-electron chi connectivity index (χ0n) is 23.3. The molecule has 0 aliphatic heterocycles. The first-order valence-corrected chi connectivity index (χ1v) is 15.5. The van der Waals surface area contributed by atoms with Gasteiger partial charge in [-0.15, -0.1) is 11.8 Å². The quantitative estimate of drug-likeness (QED) is 0.121. The van der Waals surface area contributed by atoms with Crippen molar-refractivity contribution in [3.63, 3.8) is 0 Å². The number of phenols is 1. The molecule has 0 unspecified atom stereocenters. The van der Waals surface area contributed by atoms with Crippen molar-refractivity contribution in [1.82, 2.24) is 5.32 Å². The molecule has 0 fully saturated rings. The number of thioether (sulfide) groups is 1. The molecular formula is C31H28N4O7S2. The lowest BCUT2D eigenvalue weighted by Gasteiger charge is -2.13. The number of ether oxygens (including phenoxy) is 1. The van der Waals surface area contributed by atoms with E-state index in [-0.39, 0.29) is 28.0 Å². The third-order valence-electron chi connectivity index (χ3n) is 5.97. The molecule has 0 aliphatic carbocycles. The van der Waals surface area contributed by atoms with Gasteiger partial charge >= 0.3 is 0 Å². The minimum Gasteiger partial charge on any atom is -0.508 e. The molecule has 0 saturated heterocycles. The van der Waals surface area contributed by atoms with E-state index in [2.05, 4.69) is 16.0 Å². The summed E-state index contributed by atoms with van der Waals surface area (Å²) in [5.74, 6) is -1.15. The Hall–Kier alpha value is -5.11. The van der Waals surface area contributed by atoms with Crippen LogP contribution < -0.4 is 25.8 Å². The Morgan fingerprint density at radius 1 is 0.886 bits per heavy atom. The molecule has 6 N–H and O–H groups in total. The Bertz CT molecular complexity index is 1810. The zero-order valence-corrected chi connectivity index (χ0v) is 24.9. The van der Waals surface area contributed by atoms with Crippen molar-refractivity contribution in [3.8, 4) is 11.5 Å². The monoisotopic (exact) mass is 632 g/mol. The van der Waals surface area contributed by atoms with E-state index < -0.39 is 21.8 Å². The van der Waals surface area contributed by atoms with Gasteiger partial charge in [0.1, 0.15) is 17.2 Å². The van der Waals surface area contributed by atoms with Crippen LogP contribution >= 0.6 is 11.8 Å². The maximum atomic E-state index is 13.4. The van der Waals surface area contributed by atoms with Crippen LogP contribution in [0.4, 0.5) is 11.4 Å². The Balaban J connectivity index is 1.46. The van der Waals surface area contributed by atoms with E-state index in [1.54, 1.807) is 60.7 Å². The first-order chi connectivity index (χ1) is 21.0. The molecule has 0 aliphatic rings. The van der Waals surface area contributed by atoms with Gasteiger partial charge in [-0.3, -0.25) is 14.4 Å². The van der Waals surface area contributed by atoms with Gasteiger partial charge in [-0.1, -0.05) is 24.3 Å². The van der Waals surface area contributed by atoms with E-state index in [4.69, 9.17) is 9.88 Å². The molecule has 0 atom stereocenters. The number of aromatic hydroxyl groups is 1. The van der Waals surface area contributed by atoms with Crippen LogP contribution in [0, 0.1) is 0 Å². The number of sulfonamides is 1. The Morgan fingerprint density at radius 2 is 1.61 bits per heavy atom. The number of nitrogens with two attached hydrogens (primary N) is 1. The van der Waals surface area contributed by atoms with Crippen LogP contribution in [-0.2, 0) is 19.6 Å². The van der Waals surface area contributed by atoms with Crippen LogP contribution in [0.5, 0.6) is 11.5 Å². The van der Waals surface area contributed by atoms with Crippen molar-refractivity contribution in [2.75, 3.05) is 23.5 Å². The van der Waals surface area contributed by atoms with Gasteiger partial charge in [0, 0.05) is 33.5 Å². The lowest BCUT2D eigenvalue weighted by atomic mass is 10.1. The van der Waals surface area contributed by atoms with E-state index in [1.165, 1.54) is 61.3 Å². The predicted molar refractivity (Wildman–Crippen MR) is 169 cm³/mol. The van der Waals surface area contributed by atoms with Gasteiger partial charge in [0.2, 0.25) is 15.9 Å². The van der Waals surface area contributed by atoms with E-state index in [0.29, 0.717) is 33.1 Å². The van der Waals surface area contributed by atoms with Crippen LogP contribution in [0.15, 0.2) is 113 Å². The number of phenolic OH excluding ortho intramolecular Hbond substituents is 1. The summed E-state index contributed by atoms with van der Waals surface area (Å²) in [6.07, 6.45) is 1.44. The average molecular weight is 633 g/mol. The molecule has 4 rings (SSSR count). The van der Waals surface area contributed by atoms with Crippen molar-refractivity contribution in [3.05, 3.63) is 114 Å². The van der Waals surface area contributed by atoms with Gasteiger partial charge in [-0.25, -0.2) is 13.6 Å². The topological polar surface area (TPSA) is 177 Å². The third-order valence-corrected chi connectivity index (χ3v) is 7.90. The summed E-state index contributed by atoms with van der Waals surface area (Å²) in [6.45, 7) is 0. The smallest absolute Gasteiger partial charge is 0.272 e. The predicted octanol–water partition coefficient (Wildman–Crippen LogP) is 4.19. The van der Waals surface area contributed by atoms with Crippen LogP contribution in [-0.4, -0.2) is 44.1 Å². The normalized spacial score (nSPS) is 11.4. The summed E-state index contributed by atoms with van der Waals surface area (Å²) in [4.78, 5) is 39.4. The second kappa shape index (κ2) is 14.4. The molecule has 11 nitrogen and oxygen atoms in total. The molecule has 4 aromatic carbocycles. The maximum absolute atomic E-state index is 13.4. The molecule has 0 radical (unpaired) electrons. The van der Waals surface area contributed by atoms with E-state index >= 15 is 0 Å². The summed E-state index contributed by atoms with van der Waals surface area (Å²) in [5, 5.41) is 23.0. The molecule has 0 saturated carbocycles.